The number of benzene rings is 1. The van der Waals surface area contributed by atoms with Gasteiger partial charge in [-0.25, -0.2) is 8.78 Å². The predicted octanol–water partition coefficient (Wildman–Crippen LogP) is 5.14. The van der Waals surface area contributed by atoms with Crippen LogP contribution in [0.4, 0.5) is 8.78 Å². The zero-order valence-electron chi connectivity index (χ0n) is 10.0. The van der Waals surface area contributed by atoms with Gasteiger partial charge >= 0.3 is 0 Å². The standard InChI is InChI=1S/C13H11BrClF2NS/c1-2-18-12(13-8(14)3-4-19-13)7-5-11(17)9(15)6-10(7)16/h3-6,12,18H,2H2,1H3. The molecular formula is C13H11BrClF2NS. The molecule has 0 fully saturated rings. The van der Waals surface area contributed by atoms with Crippen LogP contribution in [0.3, 0.4) is 0 Å². The van der Waals surface area contributed by atoms with Crippen LogP contribution >= 0.6 is 38.9 Å². The fraction of sp³-hybridized carbons (Fsp3) is 0.231. The second-order valence-electron chi connectivity index (χ2n) is 3.91. The van der Waals surface area contributed by atoms with E-state index in [0.717, 1.165) is 21.5 Å². The highest BCUT2D eigenvalue weighted by Crippen LogP contribution is 2.35. The first kappa shape index (κ1) is 14.9. The van der Waals surface area contributed by atoms with Crippen molar-refractivity contribution in [3.05, 3.63) is 55.1 Å². The highest BCUT2D eigenvalue weighted by Gasteiger charge is 2.22. The molecule has 2 rings (SSSR count). The third-order valence-electron chi connectivity index (χ3n) is 2.67. The fourth-order valence-corrected chi connectivity index (χ4v) is 3.66. The van der Waals surface area contributed by atoms with Gasteiger partial charge in [0.2, 0.25) is 0 Å². The van der Waals surface area contributed by atoms with Crippen molar-refractivity contribution in [1.82, 2.24) is 5.32 Å². The van der Waals surface area contributed by atoms with Crippen molar-refractivity contribution < 1.29 is 8.78 Å². The molecule has 2 aromatic rings. The van der Waals surface area contributed by atoms with Gasteiger partial charge in [0.15, 0.2) is 0 Å². The fourth-order valence-electron chi connectivity index (χ4n) is 1.82. The van der Waals surface area contributed by atoms with Gasteiger partial charge in [0.1, 0.15) is 11.6 Å². The molecule has 1 unspecified atom stereocenters. The van der Waals surface area contributed by atoms with Crippen molar-refractivity contribution in [3.8, 4) is 0 Å². The van der Waals surface area contributed by atoms with Gasteiger partial charge in [0.25, 0.3) is 0 Å². The van der Waals surface area contributed by atoms with Crippen LogP contribution in [0.5, 0.6) is 0 Å². The molecule has 1 N–H and O–H groups in total. The Morgan fingerprint density at radius 3 is 2.68 bits per heavy atom. The summed E-state index contributed by atoms with van der Waals surface area (Å²) in [5.74, 6) is -1.13. The first-order valence-corrected chi connectivity index (χ1v) is 7.70. The maximum Gasteiger partial charge on any atom is 0.142 e. The molecule has 6 heteroatoms. The van der Waals surface area contributed by atoms with E-state index in [9.17, 15) is 8.78 Å². The quantitative estimate of drug-likeness (QED) is 0.739. The molecule has 0 radical (unpaired) electrons. The third kappa shape index (κ3) is 3.16. The topological polar surface area (TPSA) is 12.0 Å². The molecule has 0 amide bonds. The van der Waals surface area contributed by atoms with Crippen LogP contribution in [-0.4, -0.2) is 6.54 Å². The largest absolute Gasteiger partial charge is 0.306 e. The van der Waals surface area contributed by atoms with E-state index in [1.54, 1.807) is 0 Å². The Bertz CT molecular complexity index is 588. The Labute approximate surface area is 127 Å². The first-order chi connectivity index (χ1) is 9.04. The zero-order chi connectivity index (χ0) is 14.0. The van der Waals surface area contributed by atoms with Gasteiger partial charge in [-0.2, -0.15) is 0 Å². The van der Waals surface area contributed by atoms with Crippen molar-refractivity contribution in [2.45, 2.75) is 13.0 Å². The molecule has 0 spiro atoms. The highest BCUT2D eigenvalue weighted by molar-refractivity contribution is 9.10. The van der Waals surface area contributed by atoms with Crippen LogP contribution in [0.15, 0.2) is 28.1 Å². The summed E-state index contributed by atoms with van der Waals surface area (Å²) < 4.78 is 28.5. The summed E-state index contributed by atoms with van der Waals surface area (Å²) in [6.07, 6.45) is 0. The van der Waals surface area contributed by atoms with Gasteiger partial charge in [-0.3, -0.25) is 0 Å². The van der Waals surface area contributed by atoms with Gasteiger partial charge in [-0.05, 0) is 46.1 Å². The van der Waals surface area contributed by atoms with Crippen LogP contribution in [0.2, 0.25) is 5.02 Å². The molecule has 0 saturated carbocycles. The summed E-state index contributed by atoms with van der Waals surface area (Å²) in [5, 5.41) is 4.85. The van der Waals surface area contributed by atoms with Crippen LogP contribution in [0.1, 0.15) is 23.4 Å². The van der Waals surface area contributed by atoms with Crippen molar-refractivity contribution in [2.24, 2.45) is 0 Å². The van der Waals surface area contributed by atoms with Crippen LogP contribution in [0.25, 0.3) is 0 Å². The third-order valence-corrected chi connectivity index (χ3v) is 4.89. The molecule has 19 heavy (non-hydrogen) atoms. The lowest BCUT2D eigenvalue weighted by atomic mass is 10.0. The van der Waals surface area contributed by atoms with Gasteiger partial charge in [-0.15, -0.1) is 11.3 Å². The van der Waals surface area contributed by atoms with Gasteiger partial charge in [-0.1, -0.05) is 18.5 Å². The molecule has 0 bridgehead atoms. The van der Waals surface area contributed by atoms with E-state index in [2.05, 4.69) is 21.2 Å². The summed E-state index contributed by atoms with van der Waals surface area (Å²) in [4.78, 5) is 0.905. The Morgan fingerprint density at radius 2 is 2.11 bits per heavy atom. The molecule has 1 aromatic heterocycles. The minimum Gasteiger partial charge on any atom is -0.306 e. The van der Waals surface area contributed by atoms with Gasteiger partial charge in [0, 0.05) is 14.9 Å². The van der Waals surface area contributed by atoms with Crippen LogP contribution in [0, 0.1) is 11.6 Å². The molecule has 0 aliphatic carbocycles. The molecule has 0 aliphatic heterocycles. The number of hydrogen-bond acceptors (Lipinski definition) is 2. The summed E-state index contributed by atoms with van der Waals surface area (Å²) in [6.45, 7) is 2.55. The summed E-state index contributed by atoms with van der Waals surface area (Å²) in [5.41, 5.74) is 0.256. The number of halogens is 4. The van der Waals surface area contributed by atoms with E-state index in [1.165, 1.54) is 11.3 Å². The average Bonchev–Trinajstić information content (AvgIpc) is 2.77. The molecular weight excluding hydrogens is 356 g/mol. The van der Waals surface area contributed by atoms with Crippen LogP contribution < -0.4 is 5.32 Å². The minimum absolute atomic E-state index is 0.207. The lowest BCUT2D eigenvalue weighted by Crippen LogP contribution is -2.22. The normalized spacial score (nSPS) is 12.7. The monoisotopic (exact) mass is 365 g/mol. The van der Waals surface area contributed by atoms with Gasteiger partial charge < -0.3 is 5.32 Å². The molecule has 0 aliphatic rings. The number of rotatable bonds is 4. The van der Waals surface area contributed by atoms with Crippen molar-refractivity contribution in [2.75, 3.05) is 6.54 Å². The number of thiophene rings is 1. The molecule has 1 aromatic carbocycles. The van der Waals surface area contributed by atoms with E-state index in [0.29, 0.717) is 6.54 Å². The molecule has 102 valence electrons. The van der Waals surface area contributed by atoms with E-state index in [1.807, 2.05) is 18.4 Å². The Balaban J connectivity index is 2.51. The first-order valence-electron chi connectivity index (χ1n) is 5.65. The molecule has 0 saturated heterocycles. The average molecular weight is 367 g/mol. The van der Waals surface area contributed by atoms with E-state index >= 15 is 0 Å². The second kappa shape index (κ2) is 6.31. The van der Waals surface area contributed by atoms with E-state index in [4.69, 9.17) is 11.6 Å². The lowest BCUT2D eigenvalue weighted by molar-refractivity contribution is 0.548. The molecule has 1 atom stereocenters. The lowest BCUT2D eigenvalue weighted by Gasteiger charge is -2.19. The Kier molecular flexibility index (Phi) is 4.95. The van der Waals surface area contributed by atoms with Crippen molar-refractivity contribution >= 4 is 38.9 Å². The summed E-state index contributed by atoms with van der Waals surface area (Å²) >= 11 is 10.5. The summed E-state index contributed by atoms with van der Waals surface area (Å²) in [6, 6.07) is 3.65. The van der Waals surface area contributed by atoms with Crippen molar-refractivity contribution in [3.63, 3.8) is 0 Å². The summed E-state index contributed by atoms with van der Waals surface area (Å²) in [7, 11) is 0. The smallest absolute Gasteiger partial charge is 0.142 e. The van der Waals surface area contributed by atoms with Crippen molar-refractivity contribution in [1.29, 1.82) is 0 Å². The SMILES string of the molecule is CCNC(c1cc(F)c(Cl)cc1F)c1sccc1Br. The minimum atomic E-state index is -0.617. The molecule has 1 nitrogen and oxygen atoms in total. The maximum absolute atomic E-state index is 14.0. The Hall–Kier alpha value is -0.490. The maximum atomic E-state index is 14.0. The van der Waals surface area contributed by atoms with E-state index < -0.39 is 17.7 Å². The Morgan fingerprint density at radius 1 is 1.37 bits per heavy atom. The zero-order valence-corrected chi connectivity index (χ0v) is 13.2. The predicted molar refractivity (Wildman–Crippen MR) is 78.9 cm³/mol. The van der Waals surface area contributed by atoms with E-state index in [-0.39, 0.29) is 10.6 Å². The number of nitrogens with one attached hydrogen (secondary N) is 1. The number of hydrogen-bond donors (Lipinski definition) is 1. The highest BCUT2D eigenvalue weighted by atomic mass is 79.9. The van der Waals surface area contributed by atoms with Gasteiger partial charge in [0.05, 0.1) is 11.1 Å². The molecule has 1 heterocycles. The van der Waals surface area contributed by atoms with Crippen LogP contribution in [-0.2, 0) is 0 Å². The second-order valence-corrected chi connectivity index (χ2v) is 6.12.